The third-order valence-electron chi connectivity index (χ3n) is 4.97. The van der Waals surface area contributed by atoms with Gasteiger partial charge in [-0.3, -0.25) is 9.36 Å². The van der Waals surface area contributed by atoms with Gasteiger partial charge in [-0.05, 0) is 12.5 Å². The summed E-state index contributed by atoms with van der Waals surface area (Å²) in [6.07, 6.45) is 4.68. The molecule has 5 N–H and O–H groups in total. The Morgan fingerprint density at radius 2 is 2.16 bits per heavy atom. The molecule has 1 atom stereocenters. The lowest BCUT2D eigenvalue weighted by Crippen LogP contribution is -2.77. The summed E-state index contributed by atoms with van der Waals surface area (Å²) in [6, 6.07) is 9.57. The number of nitrogens with zero attached hydrogens (tertiary/aromatic N) is 2. The lowest BCUT2D eigenvalue weighted by atomic mass is 10.2. The molecular weight excluding hydrogens is 421 g/mol. The molecular formula is C22H24ClFN5O2+. The first-order valence-electron chi connectivity index (χ1n) is 9.84. The molecule has 31 heavy (non-hydrogen) atoms. The lowest BCUT2D eigenvalue weighted by Gasteiger charge is -2.16. The number of nitrogens with two attached hydrogens (primary N) is 1. The molecule has 0 aliphatic carbocycles. The maximum atomic E-state index is 13.9. The Morgan fingerprint density at radius 1 is 1.39 bits per heavy atom. The number of nitrogens with one attached hydrogen (secondary N) is 2. The van der Waals surface area contributed by atoms with Crippen LogP contribution in [-0.4, -0.2) is 33.5 Å². The fourth-order valence-corrected chi connectivity index (χ4v) is 3.33. The number of quaternary nitrogens is 1. The number of aromatic nitrogens is 2. The minimum Gasteiger partial charge on any atom is -0.394 e. The van der Waals surface area contributed by atoms with Crippen molar-refractivity contribution in [2.45, 2.75) is 25.9 Å². The zero-order chi connectivity index (χ0) is 22.4. The Labute approximate surface area is 184 Å². The molecule has 3 rings (SSSR count). The van der Waals surface area contributed by atoms with Crippen molar-refractivity contribution in [3.05, 3.63) is 81.1 Å². The molecule has 0 radical (unpaired) electrons. The first-order valence-corrected chi connectivity index (χ1v) is 10.2. The van der Waals surface area contributed by atoms with Gasteiger partial charge >= 0.3 is 0 Å². The molecule has 0 fully saturated rings. The third-order valence-corrected chi connectivity index (χ3v) is 5.26. The minimum absolute atomic E-state index is 0.0550. The second-order valence-electron chi connectivity index (χ2n) is 6.96. The van der Waals surface area contributed by atoms with Crippen LogP contribution in [-0.2, 0) is 6.54 Å². The van der Waals surface area contributed by atoms with Crippen molar-refractivity contribution in [2.24, 2.45) is 0 Å². The first-order chi connectivity index (χ1) is 15.0. The molecule has 0 unspecified atom stereocenters. The Bertz CT molecular complexity index is 1130. The van der Waals surface area contributed by atoms with Crippen LogP contribution in [0.1, 0.15) is 24.5 Å². The number of hydrogen-bond acceptors (Lipinski definition) is 5. The SMILES string of the molecule is CC[C@@H](CO)Nc1cc(-n2ccc([NH2+]Cc3ccccc3F)c(C=N)c2=O)c(Cl)cn1. The van der Waals surface area contributed by atoms with Gasteiger partial charge in [0.05, 0.1) is 29.6 Å². The van der Waals surface area contributed by atoms with Crippen molar-refractivity contribution < 1.29 is 14.8 Å². The number of hydrogen-bond donors (Lipinski definition) is 4. The number of benzene rings is 1. The lowest BCUT2D eigenvalue weighted by molar-refractivity contribution is -0.589. The molecule has 2 heterocycles. The molecule has 0 aliphatic rings. The van der Waals surface area contributed by atoms with E-state index in [0.29, 0.717) is 35.7 Å². The summed E-state index contributed by atoms with van der Waals surface area (Å²) in [5, 5.41) is 22.2. The van der Waals surface area contributed by atoms with Crippen LogP contribution in [0.4, 0.5) is 15.9 Å². The maximum Gasteiger partial charge on any atom is 0.270 e. The van der Waals surface area contributed by atoms with Crippen LogP contribution in [0, 0.1) is 11.2 Å². The monoisotopic (exact) mass is 444 g/mol. The number of pyridine rings is 2. The number of aliphatic hydroxyl groups is 1. The number of anilines is 1. The molecule has 0 aliphatic heterocycles. The first kappa shape index (κ1) is 22.6. The van der Waals surface area contributed by atoms with Gasteiger partial charge < -0.3 is 21.1 Å². The van der Waals surface area contributed by atoms with Crippen molar-refractivity contribution >= 4 is 29.3 Å². The molecule has 7 nitrogen and oxygen atoms in total. The Balaban J connectivity index is 1.94. The topological polar surface area (TPSA) is 108 Å². The predicted molar refractivity (Wildman–Crippen MR) is 119 cm³/mol. The summed E-state index contributed by atoms with van der Waals surface area (Å²) < 4.78 is 15.2. The molecule has 2 aromatic heterocycles. The van der Waals surface area contributed by atoms with E-state index >= 15 is 0 Å². The molecule has 3 aromatic rings. The van der Waals surface area contributed by atoms with Crippen LogP contribution >= 0.6 is 11.6 Å². The summed E-state index contributed by atoms with van der Waals surface area (Å²) in [5.74, 6) is 0.152. The summed E-state index contributed by atoms with van der Waals surface area (Å²) in [4.78, 5) is 17.3. The zero-order valence-corrected chi connectivity index (χ0v) is 17.7. The van der Waals surface area contributed by atoms with Crippen molar-refractivity contribution in [2.75, 3.05) is 11.9 Å². The highest BCUT2D eigenvalue weighted by atomic mass is 35.5. The molecule has 0 spiro atoms. The second kappa shape index (κ2) is 10.3. The number of rotatable bonds is 9. The fraction of sp³-hybridized carbons (Fsp3) is 0.227. The maximum absolute atomic E-state index is 13.9. The third kappa shape index (κ3) is 5.16. The predicted octanol–water partition coefficient (Wildman–Crippen LogP) is 2.60. The molecule has 0 saturated carbocycles. The van der Waals surface area contributed by atoms with Crippen LogP contribution in [0.15, 0.2) is 53.6 Å². The van der Waals surface area contributed by atoms with Gasteiger partial charge in [0, 0.05) is 30.1 Å². The van der Waals surface area contributed by atoms with E-state index in [4.69, 9.17) is 17.0 Å². The van der Waals surface area contributed by atoms with Crippen molar-refractivity contribution in [3.63, 3.8) is 0 Å². The van der Waals surface area contributed by atoms with Crippen LogP contribution < -0.4 is 16.2 Å². The van der Waals surface area contributed by atoms with Gasteiger partial charge in [-0.15, -0.1) is 0 Å². The normalized spacial score (nSPS) is 11.9. The Kier molecular flexibility index (Phi) is 7.51. The van der Waals surface area contributed by atoms with E-state index in [1.165, 1.54) is 16.8 Å². The summed E-state index contributed by atoms with van der Waals surface area (Å²) >= 11 is 6.30. The van der Waals surface area contributed by atoms with E-state index in [1.807, 2.05) is 6.92 Å². The van der Waals surface area contributed by atoms with E-state index in [2.05, 4.69) is 10.3 Å². The van der Waals surface area contributed by atoms with Gasteiger partial charge in [0.1, 0.15) is 29.4 Å². The summed E-state index contributed by atoms with van der Waals surface area (Å²) in [6.45, 7) is 2.17. The molecule has 162 valence electrons. The minimum atomic E-state index is -0.425. The standard InChI is InChI=1S/C22H23ClFN5O2/c1-2-15(13-30)28-21-9-20(17(23)12-27-21)29-8-7-19(16(10-25)22(29)31)26-11-14-5-3-4-6-18(14)24/h3-10,12,15,25-26,30H,2,11,13H2,1H3,(H,27,28)/p+1/t15-/m0/s1. The van der Waals surface area contributed by atoms with Crippen LogP contribution in [0.2, 0.25) is 5.02 Å². The zero-order valence-electron chi connectivity index (χ0n) is 17.0. The van der Waals surface area contributed by atoms with Crippen LogP contribution in [0.3, 0.4) is 0 Å². The van der Waals surface area contributed by atoms with Crippen molar-refractivity contribution in [3.8, 4) is 5.69 Å². The molecule has 0 amide bonds. The molecule has 1 aromatic carbocycles. The smallest absolute Gasteiger partial charge is 0.270 e. The van der Waals surface area contributed by atoms with Gasteiger partial charge in [0.2, 0.25) is 0 Å². The van der Waals surface area contributed by atoms with Gasteiger partial charge in [0.25, 0.3) is 5.56 Å². The van der Waals surface area contributed by atoms with Crippen molar-refractivity contribution in [1.29, 1.82) is 5.41 Å². The highest BCUT2D eigenvalue weighted by Crippen LogP contribution is 2.22. The largest absolute Gasteiger partial charge is 0.394 e. The molecule has 0 saturated heterocycles. The van der Waals surface area contributed by atoms with E-state index in [-0.39, 0.29) is 29.1 Å². The highest BCUT2D eigenvalue weighted by Gasteiger charge is 2.16. The Morgan fingerprint density at radius 3 is 2.84 bits per heavy atom. The molecule has 0 bridgehead atoms. The number of aliphatic hydroxyl groups excluding tert-OH is 1. The van der Waals surface area contributed by atoms with Gasteiger partial charge in [-0.1, -0.05) is 36.7 Å². The van der Waals surface area contributed by atoms with Crippen LogP contribution in [0.25, 0.3) is 5.69 Å². The fourth-order valence-electron chi connectivity index (χ4n) is 3.14. The van der Waals surface area contributed by atoms with E-state index in [0.717, 1.165) is 6.21 Å². The van der Waals surface area contributed by atoms with E-state index < -0.39 is 5.56 Å². The van der Waals surface area contributed by atoms with Gasteiger partial charge in [0.15, 0.2) is 0 Å². The van der Waals surface area contributed by atoms with Gasteiger partial charge in [-0.25, -0.2) is 9.37 Å². The van der Waals surface area contributed by atoms with Crippen LogP contribution in [0.5, 0.6) is 0 Å². The summed E-state index contributed by atoms with van der Waals surface area (Å²) in [7, 11) is 0. The van der Waals surface area contributed by atoms with E-state index in [1.54, 1.807) is 41.8 Å². The molecule has 9 heteroatoms. The highest BCUT2D eigenvalue weighted by molar-refractivity contribution is 6.32. The number of halogens is 2. The quantitative estimate of drug-likeness (QED) is 0.380. The summed E-state index contributed by atoms with van der Waals surface area (Å²) in [5.41, 5.74) is 1.19. The van der Waals surface area contributed by atoms with Gasteiger partial charge in [-0.2, -0.15) is 0 Å². The van der Waals surface area contributed by atoms with E-state index in [9.17, 15) is 14.3 Å². The Hall–Kier alpha value is -3.07. The van der Waals surface area contributed by atoms with Crippen molar-refractivity contribution in [1.82, 2.24) is 9.55 Å². The average molecular weight is 445 g/mol. The second-order valence-corrected chi connectivity index (χ2v) is 7.36. The average Bonchev–Trinajstić information content (AvgIpc) is 2.78.